The third-order valence-corrected chi connectivity index (χ3v) is 3.84. The van der Waals surface area contributed by atoms with Crippen molar-refractivity contribution in [2.75, 3.05) is 0 Å². The fourth-order valence-corrected chi connectivity index (χ4v) is 2.71. The van der Waals surface area contributed by atoms with Gasteiger partial charge < -0.3 is 0 Å². The predicted molar refractivity (Wildman–Crippen MR) is 83.8 cm³/mol. The molecule has 0 N–H and O–H groups in total. The number of benzene rings is 2. The van der Waals surface area contributed by atoms with Gasteiger partial charge in [0.2, 0.25) is 0 Å². The fraction of sp³-hybridized carbons (Fsp3) is 0.211. The molecule has 102 valence electrons. The Bertz CT molecular complexity index is 571. The van der Waals surface area contributed by atoms with Crippen molar-refractivity contribution in [3.63, 3.8) is 0 Å². The van der Waals surface area contributed by atoms with E-state index in [9.17, 15) is 4.79 Å². The molecule has 1 unspecified atom stereocenters. The van der Waals surface area contributed by atoms with Gasteiger partial charge in [-0.3, -0.25) is 4.79 Å². The average molecular weight is 264 g/mol. The molecule has 0 radical (unpaired) electrons. The second-order valence-electron chi connectivity index (χ2n) is 5.16. The third kappa shape index (κ3) is 2.88. The summed E-state index contributed by atoms with van der Waals surface area (Å²) in [6.45, 7) is 5.52. The van der Waals surface area contributed by atoms with Crippen molar-refractivity contribution in [2.24, 2.45) is 0 Å². The lowest BCUT2D eigenvalue weighted by Gasteiger charge is -2.31. The normalized spacial score (nSPS) is 13.4. The smallest absolute Gasteiger partial charge is 0.140 e. The molecule has 0 saturated heterocycles. The first-order valence-corrected chi connectivity index (χ1v) is 6.90. The molecule has 20 heavy (non-hydrogen) atoms. The van der Waals surface area contributed by atoms with Crippen molar-refractivity contribution >= 4 is 5.78 Å². The second kappa shape index (κ2) is 6.33. The van der Waals surface area contributed by atoms with Crippen molar-refractivity contribution in [2.45, 2.75) is 25.2 Å². The van der Waals surface area contributed by atoms with Crippen LogP contribution in [0.1, 0.15) is 24.5 Å². The lowest BCUT2D eigenvalue weighted by molar-refractivity contribution is -0.122. The van der Waals surface area contributed by atoms with Crippen LogP contribution in [-0.4, -0.2) is 5.78 Å². The molecule has 1 heteroatoms. The summed E-state index contributed by atoms with van der Waals surface area (Å²) in [4.78, 5) is 12.4. The molecule has 0 spiro atoms. The van der Waals surface area contributed by atoms with Crippen LogP contribution in [0.3, 0.4) is 0 Å². The van der Waals surface area contributed by atoms with Gasteiger partial charge in [-0.1, -0.05) is 66.7 Å². The van der Waals surface area contributed by atoms with Crippen LogP contribution in [0.15, 0.2) is 73.3 Å². The minimum absolute atomic E-state index is 0.187. The van der Waals surface area contributed by atoms with Gasteiger partial charge in [-0.25, -0.2) is 0 Å². The minimum atomic E-state index is -0.510. The molecule has 0 fully saturated rings. The largest absolute Gasteiger partial charge is 0.299 e. The van der Waals surface area contributed by atoms with Crippen molar-refractivity contribution in [1.82, 2.24) is 0 Å². The summed E-state index contributed by atoms with van der Waals surface area (Å²) < 4.78 is 0. The Labute approximate surface area is 121 Å². The molecule has 0 aromatic heterocycles. The van der Waals surface area contributed by atoms with Gasteiger partial charge in [0.05, 0.1) is 5.41 Å². The van der Waals surface area contributed by atoms with E-state index in [1.807, 2.05) is 54.6 Å². The molecule has 0 bridgehead atoms. The van der Waals surface area contributed by atoms with E-state index in [0.29, 0.717) is 12.8 Å². The summed E-state index contributed by atoms with van der Waals surface area (Å²) in [5.74, 6) is 0.187. The van der Waals surface area contributed by atoms with E-state index in [4.69, 9.17) is 0 Å². The summed E-state index contributed by atoms with van der Waals surface area (Å²) in [5.41, 5.74) is 1.73. The maximum Gasteiger partial charge on any atom is 0.140 e. The van der Waals surface area contributed by atoms with Gasteiger partial charge in [-0.15, -0.1) is 6.58 Å². The Morgan fingerprint density at radius 2 is 1.60 bits per heavy atom. The van der Waals surface area contributed by atoms with E-state index in [1.165, 1.54) is 5.56 Å². The summed E-state index contributed by atoms with van der Waals surface area (Å²) in [7, 11) is 0. The third-order valence-electron chi connectivity index (χ3n) is 3.84. The number of hydrogen-bond donors (Lipinski definition) is 0. The van der Waals surface area contributed by atoms with E-state index in [-0.39, 0.29) is 5.78 Å². The molecule has 0 amide bonds. The van der Waals surface area contributed by atoms with Crippen LogP contribution >= 0.6 is 0 Å². The lowest BCUT2D eigenvalue weighted by atomic mass is 9.70. The van der Waals surface area contributed by atoms with E-state index in [2.05, 4.69) is 18.7 Å². The van der Waals surface area contributed by atoms with Gasteiger partial charge in [-0.05, 0) is 30.9 Å². The first-order valence-electron chi connectivity index (χ1n) is 6.90. The topological polar surface area (TPSA) is 17.1 Å². The molecular weight excluding hydrogens is 244 g/mol. The molecule has 1 nitrogen and oxygen atoms in total. The van der Waals surface area contributed by atoms with Crippen molar-refractivity contribution in [1.29, 1.82) is 0 Å². The van der Waals surface area contributed by atoms with E-state index in [1.54, 1.807) is 6.92 Å². The van der Waals surface area contributed by atoms with E-state index in [0.717, 1.165) is 5.56 Å². The van der Waals surface area contributed by atoms with Gasteiger partial charge in [0.15, 0.2) is 0 Å². The monoisotopic (exact) mass is 264 g/mol. The minimum Gasteiger partial charge on any atom is -0.299 e. The molecule has 2 aromatic rings. The van der Waals surface area contributed by atoms with Gasteiger partial charge in [0.1, 0.15) is 5.78 Å². The first kappa shape index (κ1) is 14.3. The second-order valence-corrected chi connectivity index (χ2v) is 5.16. The summed E-state index contributed by atoms with van der Waals surface area (Å²) in [5, 5.41) is 0. The van der Waals surface area contributed by atoms with Crippen molar-refractivity contribution < 1.29 is 4.79 Å². The lowest BCUT2D eigenvalue weighted by Crippen LogP contribution is -2.36. The Morgan fingerprint density at radius 1 is 1.05 bits per heavy atom. The van der Waals surface area contributed by atoms with Crippen LogP contribution in [0.5, 0.6) is 0 Å². The van der Waals surface area contributed by atoms with Crippen molar-refractivity contribution in [3.05, 3.63) is 84.4 Å². The average Bonchev–Trinajstić information content (AvgIpc) is 2.48. The van der Waals surface area contributed by atoms with Crippen LogP contribution in [0, 0.1) is 0 Å². The number of carbonyl (C=O) groups is 1. The number of carbonyl (C=O) groups excluding carboxylic acids is 1. The summed E-state index contributed by atoms with van der Waals surface area (Å²) >= 11 is 0. The number of Topliss-reactive ketones (excluding diaryl/α,β-unsaturated/α-hetero) is 1. The zero-order valence-corrected chi connectivity index (χ0v) is 11.9. The molecule has 0 heterocycles. The maximum absolute atomic E-state index is 12.4. The highest BCUT2D eigenvalue weighted by Gasteiger charge is 2.36. The van der Waals surface area contributed by atoms with Crippen LogP contribution < -0.4 is 0 Å². The van der Waals surface area contributed by atoms with Crippen LogP contribution in [0.25, 0.3) is 0 Å². The van der Waals surface area contributed by atoms with Crippen LogP contribution in [0.4, 0.5) is 0 Å². The highest BCUT2D eigenvalue weighted by atomic mass is 16.1. The van der Waals surface area contributed by atoms with E-state index < -0.39 is 5.41 Å². The molecule has 1 atom stereocenters. The summed E-state index contributed by atoms with van der Waals surface area (Å²) in [6, 6.07) is 20.2. The number of hydrogen-bond acceptors (Lipinski definition) is 1. The zero-order valence-electron chi connectivity index (χ0n) is 11.9. The van der Waals surface area contributed by atoms with Crippen LogP contribution in [0.2, 0.25) is 0 Å². The van der Waals surface area contributed by atoms with Gasteiger partial charge in [0, 0.05) is 0 Å². The Kier molecular flexibility index (Phi) is 4.52. The van der Waals surface area contributed by atoms with E-state index >= 15 is 0 Å². The fourth-order valence-electron chi connectivity index (χ4n) is 2.71. The highest BCUT2D eigenvalue weighted by Crippen LogP contribution is 2.33. The quantitative estimate of drug-likeness (QED) is 0.710. The van der Waals surface area contributed by atoms with Crippen molar-refractivity contribution in [3.8, 4) is 0 Å². The zero-order chi connectivity index (χ0) is 14.4. The summed E-state index contributed by atoms with van der Waals surface area (Å²) in [6.07, 6.45) is 3.21. The standard InChI is InChI=1S/C19H20O/c1-3-14-19(16(2)20,18-12-8-5-9-13-18)15-17-10-6-4-7-11-17/h3-13H,1,14-15H2,2H3. The van der Waals surface area contributed by atoms with Gasteiger partial charge >= 0.3 is 0 Å². The molecule has 2 rings (SSSR count). The first-order chi connectivity index (χ1) is 9.69. The van der Waals surface area contributed by atoms with Crippen LogP contribution in [-0.2, 0) is 16.6 Å². The molecule has 0 aliphatic rings. The molecule has 0 aliphatic heterocycles. The molecule has 0 saturated carbocycles. The van der Waals surface area contributed by atoms with Gasteiger partial charge in [-0.2, -0.15) is 0 Å². The maximum atomic E-state index is 12.4. The Balaban J connectivity index is 2.48. The number of allylic oxidation sites excluding steroid dienone is 1. The SMILES string of the molecule is C=CCC(Cc1ccccc1)(C(C)=O)c1ccccc1. The van der Waals surface area contributed by atoms with Gasteiger partial charge in [0.25, 0.3) is 0 Å². The molecule has 0 aliphatic carbocycles. The Hall–Kier alpha value is -2.15. The predicted octanol–water partition coefficient (Wildman–Crippen LogP) is 4.33. The Morgan fingerprint density at radius 3 is 2.10 bits per heavy atom. The number of ketones is 1. The molecule has 2 aromatic carbocycles. The number of rotatable bonds is 6. The molecular formula is C19H20O. The highest BCUT2D eigenvalue weighted by molar-refractivity contribution is 5.88.